The van der Waals surface area contributed by atoms with E-state index in [9.17, 15) is 0 Å². The summed E-state index contributed by atoms with van der Waals surface area (Å²) in [5.41, 5.74) is 0. The Kier molecular flexibility index (Phi) is 3.41. The van der Waals surface area contributed by atoms with Gasteiger partial charge in [-0.15, -0.1) is 11.3 Å². The van der Waals surface area contributed by atoms with Crippen LogP contribution in [0.4, 0.5) is 0 Å². The van der Waals surface area contributed by atoms with Crippen molar-refractivity contribution in [2.75, 3.05) is 0 Å². The quantitative estimate of drug-likeness (QED) is 0.838. The number of aromatic nitrogens is 2. The summed E-state index contributed by atoms with van der Waals surface area (Å²) in [7, 11) is 1.97. The Labute approximate surface area is 116 Å². The Morgan fingerprint density at radius 1 is 1.50 bits per heavy atom. The van der Waals surface area contributed by atoms with E-state index in [2.05, 4.69) is 27.4 Å². The lowest BCUT2D eigenvalue weighted by atomic mass is 10.3. The Morgan fingerprint density at radius 2 is 2.33 bits per heavy atom. The summed E-state index contributed by atoms with van der Waals surface area (Å²) < 4.78 is 1.96. The molecule has 0 bridgehead atoms. The van der Waals surface area contributed by atoms with E-state index in [0.29, 0.717) is 5.15 Å². The standard InChI is InChI=1S/C13H16ClN3S/c1-16-12(14)7-15-13(16)9-17(10-4-5-10)8-11-3-2-6-18-11/h2-3,6-7,10H,4-5,8-9H2,1H3. The minimum absolute atomic E-state index is 0.705. The topological polar surface area (TPSA) is 21.1 Å². The van der Waals surface area contributed by atoms with Crippen LogP contribution in [0.5, 0.6) is 0 Å². The van der Waals surface area contributed by atoms with Gasteiger partial charge in [0, 0.05) is 24.5 Å². The molecule has 96 valence electrons. The van der Waals surface area contributed by atoms with Gasteiger partial charge in [0.1, 0.15) is 11.0 Å². The third-order valence-corrected chi connectivity index (χ3v) is 4.59. The minimum atomic E-state index is 0.705. The van der Waals surface area contributed by atoms with Crippen molar-refractivity contribution in [3.63, 3.8) is 0 Å². The van der Waals surface area contributed by atoms with Crippen molar-refractivity contribution in [2.45, 2.75) is 32.0 Å². The Balaban J connectivity index is 1.72. The van der Waals surface area contributed by atoms with Crippen LogP contribution in [-0.2, 0) is 20.1 Å². The Bertz CT molecular complexity index is 516. The van der Waals surface area contributed by atoms with Gasteiger partial charge in [-0.1, -0.05) is 17.7 Å². The lowest BCUT2D eigenvalue weighted by Gasteiger charge is -2.20. The summed E-state index contributed by atoms with van der Waals surface area (Å²) in [6, 6.07) is 5.04. The van der Waals surface area contributed by atoms with E-state index in [1.165, 1.54) is 17.7 Å². The zero-order valence-corrected chi connectivity index (χ0v) is 11.9. The van der Waals surface area contributed by atoms with Crippen LogP contribution in [0.15, 0.2) is 23.7 Å². The first kappa shape index (κ1) is 12.2. The number of halogens is 1. The fourth-order valence-corrected chi connectivity index (χ4v) is 2.99. The van der Waals surface area contributed by atoms with Gasteiger partial charge >= 0.3 is 0 Å². The van der Waals surface area contributed by atoms with Crippen molar-refractivity contribution in [1.82, 2.24) is 14.5 Å². The summed E-state index contributed by atoms with van der Waals surface area (Å²) >= 11 is 7.86. The van der Waals surface area contributed by atoms with Crippen molar-refractivity contribution in [3.05, 3.63) is 39.6 Å². The Morgan fingerprint density at radius 3 is 2.89 bits per heavy atom. The normalized spacial score (nSPS) is 15.5. The average Bonchev–Trinajstić information content (AvgIpc) is 3.01. The predicted molar refractivity (Wildman–Crippen MR) is 74.8 cm³/mol. The van der Waals surface area contributed by atoms with Gasteiger partial charge in [-0.05, 0) is 24.3 Å². The van der Waals surface area contributed by atoms with Gasteiger partial charge in [-0.3, -0.25) is 4.90 Å². The molecule has 1 saturated carbocycles. The number of thiophene rings is 1. The van der Waals surface area contributed by atoms with Gasteiger partial charge < -0.3 is 4.57 Å². The smallest absolute Gasteiger partial charge is 0.128 e. The van der Waals surface area contributed by atoms with Crippen LogP contribution in [0.3, 0.4) is 0 Å². The minimum Gasteiger partial charge on any atom is -0.321 e. The molecule has 18 heavy (non-hydrogen) atoms. The lowest BCUT2D eigenvalue weighted by molar-refractivity contribution is 0.239. The van der Waals surface area contributed by atoms with Crippen molar-refractivity contribution in [3.8, 4) is 0 Å². The molecule has 0 aliphatic heterocycles. The largest absolute Gasteiger partial charge is 0.321 e. The number of imidazole rings is 1. The molecule has 0 N–H and O–H groups in total. The fourth-order valence-electron chi connectivity index (χ4n) is 2.11. The predicted octanol–water partition coefficient (Wildman–Crippen LogP) is 3.30. The summed E-state index contributed by atoms with van der Waals surface area (Å²) in [5.74, 6) is 1.04. The molecule has 1 aliphatic carbocycles. The van der Waals surface area contributed by atoms with Crippen molar-refractivity contribution in [1.29, 1.82) is 0 Å². The molecule has 0 aromatic carbocycles. The molecule has 3 rings (SSSR count). The second kappa shape index (κ2) is 5.03. The molecule has 0 unspecified atom stereocenters. The van der Waals surface area contributed by atoms with E-state index in [4.69, 9.17) is 11.6 Å². The number of hydrogen-bond acceptors (Lipinski definition) is 3. The molecule has 5 heteroatoms. The molecule has 0 saturated heterocycles. The molecule has 3 nitrogen and oxygen atoms in total. The molecule has 2 aromatic heterocycles. The van der Waals surface area contributed by atoms with Gasteiger partial charge in [0.15, 0.2) is 0 Å². The maximum atomic E-state index is 6.03. The van der Waals surface area contributed by atoms with Crippen LogP contribution >= 0.6 is 22.9 Å². The highest BCUT2D eigenvalue weighted by atomic mass is 35.5. The molecular formula is C13H16ClN3S. The Hall–Kier alpha value is -0.840. The van der Waals surface area contributed by atoms with Crippen LogP contribution in [0.1, 0.15) is 23.5 Å². The molecule has 0 atom stereocenters. The van der Waals surface area contributed by atoms with Crippen molar-refractivity contribution in [2.24, 2.45) is 7.05 Å². The summed E-state index contributed by atoms with van der Waals surface area (Å²) in [6.07, 6.45) is 4.35. The molecule has 0 amide bonds. The third-order valence-electron chi connectivity index (χ3n) is 3.37. The maximum absolute atomic E-state index is 6.03. The summed E-state index contributed by atoms with van der Waals surface area (Å²) in [6.45, 7) is 1.90. The second-order valence-corrected chi connectivity index (χ2v) is 6.19. The van der Waals surface area contributed by atoms with Gasteiger partial charge in [-0.2, -0.15) is 0 Å². The van der Waals surface area contributed by atoms with E-state index < -0.39 is 0 Å². The number of rotatable bonds is 5. The second-order valence-electron chi connectivity index (χ2n) is 4.77. The fraction of sp³-hybridized carbons (Fsp3) is 0.462. The molecule has 1 fully saturated rings. The van der Waals surface area contributed by atoms with Gasteiger partial charge in [0.2, 0.25) is 0 Å². The lowest BCUT2D eigenvalue weighted by Crippen LogP contribution is -2.26. The van der Waals surface area contributed by atoms with E-state index in [1.54, 1.807) is 6.20 Å². The molecule has 2 heterocycles. The highest BCUT2D eigenvalue weighted by molar-refractivity contribution is 7.09. The zero-order valence-electron chi connectivity index (χ0n) is 10.3. The monoisotopic (exact) mass is 281 g/mol. The first-order valence-corrected chi connectivity index (χ1v) is 7.42. The SMILES string of the molecule is Cn1c(Cl)cnc1CN(Cc1cccs1)C1CC1. The first-order valence-electron chi connectivity index (χ1n) is 6.16. The van der Waals surface area contributed by atoms with Gasteiger partial charge in [0.25, 0.3) is 0 Å². The first-order chi connectivity index (χ1) is 8.74. The van der Waals surface area contributed by atoms with Crippen LogP contribution in [0.2, 0.25) is 5.15 Å². The molecule has 0 radical (unpaired) electrons. The summed E-state index contributed by atoms with van der Waals surface area (Å²) in [4.78, 5) is 8.31. The highest BCUT2D eigenvalue weighted by Gasteiger charge is 2.30. The van der Waals surface area contributed by atoms with Gasteiger partial charge in [-0.25, -0.2) is 4.98 Å². The molecular weight excluding hydrogens is 266 g/mol. The number of hydrogen-bond donors (Lipinski definition) is 0. The van der Waals surface area contributed by atoms with Crippen LogP contribution in [0, 0.1) is 0 Å². The van der Waals surface area contributed by atoms with Gasteiger partial charge in [0.05, 0.1) is 12.7 Å². The van der Waals surface area contributed by atoms with Crippen LogP contribution in [-0.4, -0.2) is 20.5 Å². The average molecular weight is 282 g/mol. The van der Waals surface area contributed by atoms with E-state index in [0.717, 1.165) is 25.0 Å². The molecule has 1 aliphatic rings. The zero-order chi connectivity index (χ0) is 12.5. The molecule has 2 aromatic rings. The van der Waals surface area contributed by atoms with E-state index >= 15 is 0 Å². The van der Waals surface area contributed by atoms with Crippen LogP contribution < -0.4 is 0 Å². The third kappa shape index (κ3) is 2.60. The van der Waals surface area contributed by atoms with E-state index in [-0.39, 0.29) is 0 Å². The maximum Gasteiger partial charge on any atom is 0.128 e. The molecule has 0 spiro atoms. The number of nitrogens with zero attached hydrogens (tertiary/aromatic N) is 3. The summed E-state index contributed by atoms with van der Waals surface area (Å²) in [5, 5.41) is 2.84. The van der Waals surface area contributed by atoms with Crippen LogP contribution in [0.25, 0.3) is 0 Å². The van der Waals surface area contributed by atoms with Crippen molar-refractivity contribution < 1.29 is 0 Å². The highest BCUT2D eigenvalue weighted by Crippen LogP contribution is 2.30. The van der Waals surface area contributed by atoms with E-state index in [1.807, 2.05) is 23.0 Å². The van der Waals surface area contributed by atoms with Crippen molar-refractivity contribution >= 4 is 22.9 Å².